The van der Waals surface area contributed by atoms with Crippen LogP contribution in [0.2, 0.25) is 0 Å². The largest absolute Gasteiger partial charge is 0.423 e. The minimum Gasteiger partial charge on any atom is -0.423 e. The number of oxazole rings is 1. The van der Waals surface area contributed by atoms with E-state index in [1.807, 2.05) is 44.2 Å². The molecular formula is C28H31N7O2. The van der Waals surface area contributed by atoms with Gasteiger partial charge in [0.25, 0.3) is 6.01 Å². The van der Waals surface area contributed by atoms with Crippen molar-refractivity contribution in [2.75, 3.05) is 17.6 Å². The van der Waals surface area contributed by atoms with Crippen molar-refractivity contribution in [3.05, 3.63) is 60.0 Å². The molecule has 0 bridgehead atoms. The number of carbonyl (C=O) groups excluding carboxylic acids is 1. The quantitative estimate of drug-likeness (QED) is 0.168. The zero-order valence-corrected chi connectivity index (χ0v) is 21.3. The second-order valence-electron chi connectivity index (χ2n) is 9.36. The molecule has 2 aromatic carbocycles. The average molecular weight is 498 g/mol. The smallest absolute Gasteiger partial charge is 0.300 e. The summed E-state index contributed by atoms with van der Waals surface area (Å²) in [5.41, 5.74) is 13.8. The molecule has 0 radical (unpaired) electrons. The van der Waals surface area contributed by atoms with Gasteiger partial charge in [-0.3, -0.25) is 4.79 Å². The standard InChI is InChI=1S/C28H31N7O2/c1-4-5-21(10-11-30-16-36)35-14-22(24-26(29)31-15-32-27(24)35)19-6-8-20(9-7-19)33-28-34-23-13-17(2)12-18(3)25(23)37-28/h6-9,12-16,21H,4-5,10-11H2,1-3H3,(H,30,36)(H,33,34)(H2,29,31,32). The van der Waals surface area contributed by atoms with Gasteiger partial charge in [0.2, 0.25) is 6.41 Å². The Bertz CT molecular complexity index is 1550. The van der Waals surface area contributed by atoms with Gasteiger partial charge in [-0.05, 0) is 61.6 Å². The number of aromatic nitrogens is 4. The van der Waals surface area contributed by atoms with Crippen LogP contribution in [0.5, 0.6) is 0 Å². The predicted octanol–water partition coefficient (Wildman–Crippen LogP) is 5.66. The lowest BCUT2D eigenvalue weighted by Crippen LogP contribution is -2.18. The van der Waals surface area contributed by atoms with Crippen molar-refractivity contribution in [3.8, 4) is 11.1 Å². The lowest BCUT2D eigenvalue weighted by molar-refractivity contribution is -0.109. The van der Waals surface area contributed by atoms with Gasteiger partial charge < -0.3 is 25.4 Å². The number of hydrogen-bond donors (Lipinski definition) is 3. The van der Waals surface area contributed by atoms with Crippen LogP contribution in [0.4, 0.5) is 17.5 Å². The summed E-state index contributed by atoms with van der Waals surface area (Å²) in [4.78, 5) is 24.2. The zero-order chi connectivity index (χ0) is 25.9. The fourth-order valence-corrected chi connectivity index (χ4v) is 4.96. The lowest BCUT2D eigenvalue weighted by Gasteiger charge is -2.19. The molecule has 5 rings (SSSR count). The second-order valence-corrected chi connectivity index (χ2v) is 9.36. The summed E-state index contributed by atoms with van der Waals surface area (Å²) in [7, 11) is 0. The van der Waals surface area contributed by atoms with Crippen molar-refractivity contribution in [2.45, 2.75) is 46.1 Å². The molecule has 0 spiro atoms. The number of nitrogens with zero attached hydrogens (tertiary/aromatic N) is 4. The van der Waals surface area contributed by atoms with E-state index in [9.17, 15) is 4.79 Å². The Morgan fingerprint density at radius 1 is 1.14 bits per heavy atom. The van der Waals surface area contributed by atoms with Gasteiger partial charge in [-0.25, -0.2) is 9.97 Å². The number of anilines is 3. The van der Waals surface area contributed by atoms with E-state index in [1.165, 1.54) is 6.33 Å². The third-order valence-electron chi connectivity index (χ3n) is 6.63. The summed E-state index contributed by atoms with van der Waals surface area (Å²) >= 11 is 0. The van der Waals surface area contributed by atoms with Gasteiger partial charge in [0.15, 0.2) is 5.58 Å². The fraction of sp³-hybridized carbons (Fsp3) is 0.286. The minimum atomic E-state index is 0.176. The highest BCUT2D eigenvalue weighted by Gasteiger charge is 2.20. The Hall–Kier alpha value is -4.40. The first-order valence-corrected chi connectivity index (χ1v) is 12.5. The van der Waals surface area contributed by atoms with Gasteiger partial charge in [0.05, 0.1) is 5.39 Å². The molecule has 0 aliphatic heterocycles. The molecule has 37 heavy (non-hydrogen) atoms. The molecule has 1 amide bonds. The molecule has 9 heteroatoms. The Morgan fingerprint density at radius 2 is 1.95 bits per heavy atom. The van der Waals surface area contributed by atoms with Gasteiger partial charge in [-0.1, -0.05) is 31.5 Å². The first kappa shape index (κ1) is 24.3. The van der Waals surface area contributed by atoms with E-state index < -0.39 is 0 Å². The number of fused-ring (bicyclic) bond motifs is 2. The summed E-state index contributed by atoms with van der Waals surface area (Å²) in [6.45, 7) is 6.82. The van der Waals surface area contributed by atoms with E-state index in [0.717, 1.165) is 75.7 Å². The highest BCUT2D eigenvalue weighted by Crippen LogP contribution is 2.36. The maximum Gasteiger partial charge on any atom is 0.300 e. The van der Waals surface area contributed by atoms with Crippen molar-refractivity contribution in [2.24, 2.45) is 0 Å². The van der Waals surface area contributed by atoms with Gasteiger partial charge in [-0.2, -0.15) is 4.98 Å². The van der Waals surface area contributed by atoms with Crippen LogP contribution < -0.4 is 16.4 Å². The van der Waals surface area contributed by atoms with Crippen LogP contribution in [0.3, 0.4) is 0 Å². The molecule has 0 fully saturated rings. The highest BCUT2D eigenvalue weighted by atomic mass is 16.4. The normalized spacial score (nSPS) is 12.2. The zero-order valence-electron chi connectivity index (χ0n) is 21.3. The van der Waals surface area contributed by atoms with Crippen molar-refractivity contribution in [3.63, 3.8) is 0 Å². The van der Waals surface area contributed by atoms with Crippen LogP contribution in [0, 0.1) is 13.8 Å². The third-order valence-corrected chi connectivity index (χ3v) is 6.63. The first-order valence-electron chi connectivity index (χ1n) is 12.5. The summed E-state index contributed by atoms with van der Waals surface area (Å²) in [5, 5.41) is 6.87. The molecule has 190 valence electrons. The van der Waals surface area contributed by atoms with E-state index in [1.54, 1.807) is 0 Å². The molecule has 0 saturated carbocycles. The Balaban J connectivity index is 1.47. The van der Waals surface area contributed by atoms with Crippen molar-refractivity contribution in [1.82, 2.24) is 24.8 Å². The van der Waals surface area contributed by atoms with E-state index >= 15 is 0 Å². The molecule has 0 aliphatic carbocycles. The van der Waals surface area contributed by atoms with Crippen molar-refractivity contribution < 1.29 is 9.21 Å². The maximum atomic E-state index is 10.8. The SMILES string of the molecule is CCCC(CCNC=O)n1cc(-c2ccc(Nc3nc4cc(C)cc(C)c4o3)cc2)c2c(N)ncnc21. The number of nitrogens with two attached hydrogens (primary N) is 1. The molecule has 0 saturated heterocycles. The Morgan fingerprint density at radius 3 is 2.70 bits per heavy atom. The molecule has 0 aliphatic rings. The molecule has 9 nitrogen and oxygen atoms in total. The van der Waals surface area contributed by atoms with E-state index in [-0.39, 0.29) is 6.04 Å². The van der Waals surface area contributed by atoms with Crippen LogP contribution in [0.15, 0.2) is 53.3 Å². The molecule has 3 heterocycles. The van der Waals surface area contributed by atoms with E-state index in [0.29, 0.717) is 18.4 Å². The molecule has 5 aromatic rings. The Labute approximate surface area is 215 Å². The highest BCUT2D eigenvalue weighted by molar-refractivity contribution is 6.00. The van der Waals surface area contributed by atoms with Crippen molar-refractivity contribution >= 4 is 46.1 Å². The average Bonchev–Trinajstić information content (AvgIpc) is 3.46. The summed E-state index contributed by atoms with van der Waals surface area (Å²) in [6.07, 6.45) is 7.11. The monoisotopic (exact) mass is 497 g/mol. The van der Waals surface area contributed by atoms with Crippen LogP contribution >= 0.6 is 0 Å². The molecular weight excluding hydrogens is 466 g/mol. The Kier molecular flexibility index (Phi) is 6.76. The van der Waals surface area contributed by atoms with Gasteiger partial charge in [0, 0.05) is 30.0 Å². The number of hydrogen-bond acceptors (Lipinski definition) is 7. The van der Waals surface area contributed by atoms with Crippen LogP contribution in [0.25, 0.3) is 33.3 Å². The summed E-state index contributed by atoms with van der Waals surface area (Å²) in [6, 6.07) is 12.8. The van der Waals surface area contributed by atoms with E-state index in [4.69, 9.17) is 10.2 Å². The number of aryl methyl sites for hydroxylation is 2. The number of amides is 1. The molecule has 3 aromatic heterocycles. The topological polar surface area (TPSA) is 124 Å². The number of benzene rings is 2. The molecule has 1 atom stereocenters. The van der Waals surface area contributed by atoms with Crippen molar-refractivity contribution in [1.29, 1.82) is 0 Å². The lowest BCUT2D eigenvalue weighted by atomic mass is 10.1. The minimum absolute atomic E-state index is 0.176. The van der Waals surface area contributed by atoms with E-state index in [2.05, 4.69) is 49.3 Å². The number of nitrogen functional groups attached to an aromatic ring is 1. The van der Waals surface area contributed by atoms with Gasteiger partial charge >= 0.3 is 0 Å². The number of carbonyl (C=O) groups is 1. The predicted molar refractivity (Wildman–Crippen MR) is 147 cm³/mol. The number of rotatable bonds is 10. The number of nitrogens with one attached hydrogen (secondary N) is 2. The fourth-order valence-electron chi connectivity index (χ4n) is 4.96. The molecule has 4 N–H and O–H groups in total. The summed E-state index contributed by atoms with van der Waals surface area (Å²) < 4.78 is 8.13. The maximum absolute atomic E-state index is 10.8. The van der Waals surface area contributed by atoms with Crippen LogP contribution in [-0.4, -0.2) is 32.5 Å². The second kappa shape index (κ2) is 10.3. The summed E-state index contributed by atoms with van der Waals surface area (Å²) in [5.74, 6) is 0.444. The van der Waals surface area contributed by atoms with Crippen LogP contribution in [0.1, 0.15) is 43.4 Å². The molecule has 1 unspecified atom stereocenters. The van der Waals surface area contributed by atoms with Crippen LogP contribution in [-0.2, 0) is 4.79 Å². The van der Waals surface area contributed by atoms with Gasteiger partial charge in [-0.15, -0.1) is 0 Å². The third kappa shape index (κ3) is 4.84. The van der Waals surface area contributed by atoms with Gasteiger partial charge in [0.1, 0.15) is 23.3 Å². The first-order chi connectivity index (χ1) is 18.0.